The molecular weight excluding hydrogens is 406 g/mol. The summed E-state index contributed by atoms with van der Waals surface area (Å²) in [5.41, 5.74) is 2.30. The van der Waals surface area contributed by atoms with Gasteiger partial charge in [0.1, 0.15) is 5.69 Å². The zero-order valence-electron chi connectivity index (χ0n) is 17.4. The highest BCUT2D eigenvalue weighted by Crippen LogP contribution is 2.33. The van der Waals surface area contributed by atoms with Crippen LogP contribution in [0.1, 0.15) is 18.5 Å². The fourth-order valence-electron chi connectivity index (χ4n) is 3.46. The van der Waals surface area contributed by atoms with Gasteiger partial charge in [0, 0.05) is 58.1 Å². The highest BCUT2D eigenvalue weighted by atomic mass is 32.2. The van der Waals surface area contributed by atoms with Crippen molar-refractivity contribution in [1.82, 2.24) is 8.61 Å². The maximum absolute atomic E-state index is 12.3. The lowest BCUT2D eigenvalue weighted by Gasteiger charge is -2.36. The van der Waals surface area contributed by atoms with Gasteiger partial charge in [-0.2, -0.15) is 17.0 Å². The zero-order chi connectivity index (χ0) is 21.9. The molecule has 1 N–H and O–H groups in total. The molecule has 2 aromatic rings. The van der Waals surface area contributed by atoms with E-state index in [2.05, 4.69) is 5.32 Å². The molecule has 0 radical (unpaired) electrons. The standard InChI is InChI=1S/C20H27N5O4S/c1-16(17-7-5-4-6-8-17)21-19-15-18(9-10-20(19)25(26)27)23-11-13-24(14-12-23)30(28,29)22(2)3/h4-10,15-16,21H,11-14H2,1-3H3/t16-/m1/s1. The second kappa shape index (κ2) is 8.99. The predicted octanol–water partition coefficient (Wildman–Crippen LogP) is 2.70. The summed E-state index contributed by atoms with van der Waals surface area (Å²) in [7, 11) is -0.404. The van der Waals surface area contributed by atoms with E-state index in [0.29, 0.717) is 31.9 Å². The van der Waals surface area contributed by atoms with E-state index in [1.165, 1.54) is 28.8 Å². The Morgan fingerprint density at radius 2 is 1.70 bits per heavy atom. The largest absolute Gasteiger partial charge is 0.373 e. The van der Waals surface area contributed by atoms with Crippen LogP contribution in [-0.2, 0) is 10.2 Å². The highest BCUT2D eigenvalue weighted by Gasteiger charge is 2.29. The molecule has 9 nitrogen and oxygen atoms in total. The summed E-state index contributed by atoms with van der Waals surface area (Å²) in [6.07, 6.45) is 0. The van der Waals surface area contributed by atoms with Gasteiger partial charge in [0.05, 0.1) is 4.92 Å². The van der Waals surface area contributed by atoms with Gasteiger partial charge in [0.15, 0.2) is 0 Å². The van der Waals surface area contributed by atoms with Crippen LogP contribution >= 0.6 is 0 Å². The van der Waals surface area contributed by atoms with Crippen LogP contribution in [0.25, 0.3) is 0 Å². The van der Waals surface area contributed by atoms with Gasteiger partial charge in [-0.25, -0.2) is 0 Å². The molecule has 30 heavy (non-hydrogen) atoms. The average molecular weight is 434 g/mol. The van der Waals surface area contributed by atoms with E-state index in [1.54, 1.807) is 12.1 Å². The third-order valence-corrected chi connectivity index (χ3v) is 7.18. The molecule has 1 saturated heterocycles. The maximum Gasteiger partial charge on any atom is 0.292 e. The van der Waals surface area contributed by atoms with Crippen molar-refractivity contribution in [2.45, 2.75) is 13.0 Å². The number of rotatable bonds is 7. The van der Waals surface area contributed by atoms with E-state index in [9.17, 15) is 18.5 Å². The third kappa shape index (κ3) is 4.72. The number of hydrogen-bond acceptors (Lipinski definition) is 6. The summed E-state index contributed by atoms with van der Waals surface area (Å²) in [5, 5.41) is 14.8. The number of nitrogens with one attached hydrogen (secondary N) is 1. The summed E-state index contributed by atoms with van der Waals surface area (Å²) < 4.78 is 27.3. The Bertz CT molecular complexity index is 990. The lowest BCUT2D eigenvalue weighted by atomic mass is 10.1. The Balaban J connectivity index is 1.79. The smallest absolute Gasteiger partial charge is 0.292 e. The SMILES string of the molecule is C[C@@H](Nc1cc(N2CCN(S(=O)(=O)N(C)C)CC2)ccc1[N+](=O)[O-])c1ccccc1. The van der Waals surface area contributed by atoms with Crippen LogP contribution in [0, 0.1) is 10.1 Å². The van der Waals surface area contributed by atoms with E-state index < -0.39 is 15.1 Å². The molecule has 0 aliphatic carbocycles. The molecule has 0 unspecified atom stereocenters. The molecule has 3 rings (SSSR count). The Hall–Kier alpha value is -2.69. The van der Waals surface area contributed by atoms with Crippen molar-refractivity contribution in [3.8, 4) is 0 Å². The molecule has 2 aromatic carbocycles. The predicted molar refractivity (Wildman–Crippen MR) is 118 cm³/mol. The number of benzene rings is 2. The lowest BCUT2D eigenvalue weighted by Crippen LogP contribution is -2.51. The second-order valence-electron chi connectivity index (χ2n) is 7.41. The molecule has 1 atom stereocenters. The molecule has 1 fully saturated rings. The number of nitro groups is 1. The topological polar surface area (TPSA) is 99.0 Å². The van der Waals surface area contributed by atoms with Gasteiger partial charge >= 0.3 is 0 Å². The molecular formula is C20H27N5O4S. The van der Waals surface area contributed by atoms with Crippen molar-refractivity contribution < 1.29 is 13.3 Å². The van der Waals surface area contributed by atoms with E-state index in [0.717, 1.165) is 11.3 Å². The van der Waals surface area contributed by atoms with E-state index in [-0.39, 0.29) is 11.7 Å². The summed E-state index contributed by atoms with van der Waals surface area (Å²) >= 11 is 0. The molecule has 162 valence electrons. The number of piperazine rings is 1. The lowest BCUT2D eigenvalue weighted by molar-refractivity contribution is -0.384. The molecule has 1 aliphatic heterocycles. The maximum atomic E-state index is 12.3. The molecule has 0 aromatic heterocycles. The van der Waals surface area contributed by atoms with Crippen molar-refractivity contribution in [2.24, 2.45) is 0 Å². The van der Waals surface area contributed by atoms with Crippen LogP contribution in [0.3, 0.4) is 0 Å². The van der Waals surface area contributed by atoms with E-state index in [4.69, 9.17) is 0 Å². The monoisotopic (exact) mass is 433 g/mol. The second-order valence-corrected chi connectivity index (χ2v) is 9.55. The van der Waals surface area contributed by atoms with Crippen LogP contribution in [0.4, 0.5) is 17.1 Å². The van der Waals surface area contributed by atoms with E-state index >= 15 is 0 Å². The van der Waals surface area contributed by atoms with Gasteiger partial charge in [-0.1, -0.05) is 30.3 Å². The van der Waals surface area contributed by atoms with Gasteiger partial charge in [0.25, 0.3) is 15.9 Å². The van der Waals surface area contributed by atoms with Crippen molar-refractivity contribution in [3.05, 3.63) is 64.2 Å². The number of nitro benzene ring substituents is 1. The minimum absolute atomic E-state index is 0.00959. The zero-order valence-corrected chi connectivity index (χ0v) is 18.2. The first-order valence-corrected chi connectivity index (χ1v) is 11.1. The van der Waals surface area contributed by atoms with Crippen LogP contribution in [0.5, 0.6) is 0 Å². The Morgan fingerprint density at radius 3 is 2.27 bits per heavy atom. The molecule has 1 aliphatic rings. The first-order valence-electron chi connectivity index (χ1n) is 9.72. The first kappa shape index (κ1) is 22.0. The third-order valence-electron chi connectivity index (χ3n) is 5.24. The fourth-order valence-corrected chi connectivity index (χ4v) is 4.55. The molecule has 0 bridgehead atoms. The van der Waals surface area contributed by atoms with Crippen molar-refractivity contribution in [1.29, 1.82) is 0 Å². The highest BCUT2D eigenvalue weighted by molar-refractivity contribution is 7.86. The molecule has 1 heterocycles. The van der Waals surface area contributed by atoms with Crippen molar-refractivity contribution in [2.75, 3.05) is 50.5 Å². The van der Waals surface area contributed by atoms with Gasteiger partial charge < -0.3 is 10.2 Å². The van der Waals surface area contributed by atoms with E-state index in [1.807, 2.05) is 42.2 Å². The Kier molecular flexibility index (Phi) is 6.59. The quantitative estimate of drug-likeness (QED) is 0.532. The Morgan fingerprint density at radius 1 is 1.07 bits per heavy atom. The summed E-state index contributed by atoms with van der Waals surface area (Å²) in [6.45, 7) is 3.70. The molecule has 10 heteroatoms. The van der Waals surface area contributed by atoms with Crippen molar-refractivity contribution >= 4 is 27.3 Å². The first-order chi connectivity index (χ1) is 14.2. The normalized spacial score (nSPS) is 16.5. The van der Waals surface area contributed by atoms with Gasteiger partial charge in [-0.15, -0.1) is 0 Å². The van der Waals surface area contributed by atoms with Gasteiger partial charge in [-0.3, -0.25) is 10.1 Å². The summed E-state index contributed by atoms with van der Waals surface area (Å²) in [5.74, 6) is 0. The minimum Gasteiger partial charge on any atom is -0.373 e. The van der Waals surface area contributed by atoms with Crippen LogP contribution < -0.4 is 10.2 Å². The summed E-state index contributed by atoms with van der Waals surface area (Å²) in [4.78, 5) is 13.2. The number of nitrogens with zero attached hydrogens (tertiary/aromatic N) is 4. The fraction of sp³-hybridized carbons (Fsp3) is 0.400. The van der Waals surface area contributed by atoms with Gasteiger partial charge in [0.2, 0.25) is 0 Å². The Labute approximate surface area is 177 Å². The van der Waals surface area contributed by atoms with Crippen molar-refractivity contribution in [3.63, 3.8) is 0 Å². The number of hydrogen-bond donors (Lipinski definition) is 1. The molecule has 0 spiro atoms. The molecule has 0 amide bonds. The number of anilines is 2. The summed E-state index contributed by atoms with van der Waals surface area (Å²) in [6, 6.07) is 14.6. The minimum atomic E-state index is -3.44. The van der Waals surface area contributed by atoms with Crippen LogP contribution in [0.15, 0.2) is 48.5 Å². The van der Waals surface area contributed by atoms with Gasteiger partial charge in [-0.05, 0) is 24.6 Å². The molecule has 0 saturated carbocycles. The average Bonchev–Trinajstić information content (AvgIpc) is 2.74. The van der Waals surface area contributed by atoms with Crippen LogP contribution in [0.2, 0.25) is 0 Å². The van der Waals surface area contributed by atoms with Crippen LogP contribution in [-0.4, -0.2) is 62.2 Å².